The Balaban J connectivity index is 2.22. The van der Waals surface area contributed by atoms with Crippen molar-refractivity contribution in [3.63, 3.8) is 0 Å². The van der Waals surface area contributed by atoms with Gasteiger partial charge in [-0.1, -0.05) is 11.3 Å². The smallest absolute Gasteiger partial charge is 0.258 e. The number of nitrogens with zero attached hydrogens (tertiary/aromatic N) is 3. The molecule has 0 amide bonds. The maximum Gasteiger partial charge on any atom is 0.291 e. The summed E-state index contributed by atoms with van der Waals surface area (Å²) in [5.41, 5.74) is -0.273. The molecule has 1 N–H and O–H groups in total. The van der Waals surface area contributed by atoms with Gasteiger partial charge in [0.15, 0.2) is 5.01 Å². The molecule has 1 heterocycles. The second-order valence-electron chi connectivity index (χ2n) is 3.60. The Hall–Kier alpha value is -2.21. The lowest BCUT2D eigenvalue weighted by molar-refractivity contribution is -0.384. The Kier molecular flexibility index (Phi) is 4.09. The number of hydrogen-bond donors (Lipinski definition) is 1. The molecule has 0 radical (unpaired) electrons. The summed E-state index contributed by atoms with van der Waals surface area (Å²) in [7, 11) is -4.08. The van der Waals surface area contributed by atoms with Crippen LogP contribution >= 0.6 is 11.3 Å². The molecular weight excluding hydrogens is 330 g/mol. The van der Waals surface area contributed by atoms with Crippen molar-refractivity contribution in [2.75, 3.05) is 4.72 Å². The van der Waals surface area contributed by atoms with Gasteiger partial charge >= 0.3 is 0 Å². The first-order chi connectivity index (χ1) is 9.79. The van der Waals surface area contributed by atoms with E-state index in [4.69, 9.17) is 0 Å². The van der Waals surface area contributed by atoms with Crippen LogP contribution in [-0.4, -0.2) is 23.5 Å². The maximum absolute atomic E-state index is 12.3. The van der Waals surface area contributed by atoms with Gasteiger partial charge in [-0.2, -0.15) is 0 Å². The van der Waals surface area contributed by atoms with Crippen LogP contribution in [0.2, 0.25) is 0 Å². The van der Waals surface area contributed by atoms with Crippen LogP contribution in [0.1, 0.15) is 11.4 Å². The highest BCUT2D eigenvalue weighted by atomic mass is 32.2. The zero-order chi connectivity index (χ0) is 15.6. The van der Waals surface area contributed by atoms with E-state index >= 15 is 0 Å². The minimum atomic E-state index is -4.08. The predicted molar refractivity (Wildman–Crippen MR) is 68.8 cm³/mol. The molecule has 0 unspecified atom stereocenters. The van der Waals surface area contributed by atoms with Gasteiger partial charge in [-0.3, -0.25) is 14.8 Å². The zero-order valence-electron chi connectivity index (χ0n) is 9.93. The van der Waals surface area contributed by atoms with Gasteiger partial charge in [0.05, 0.1) is 9.82 Å². The van der Waals surface area contributed by atoms with Crippen molar-refractivity contribution >= 4 is 32.2 Å². The predicted octanol–water partition coefficient (Wildman–Crippen LogP) is 2.18. The Morgan fingerprint density at radius 2 is 1.86 bits per heavy atom. The van der Waals surface area contributed by atoms with Crippen LogP contribution in [0, 0.1) is 10.1 Å². The number of alkyl halides is 2. The largest absolute Gasteiger partial charge is 0.291 e. The van der Waals surface area contributed by atoms with Crippen LogP contribution in [0.4, 0.5) is 19.6 Å². The molecule has 0 saturated carbocycles. The number of nitro benzene ring substituents is 1. The van der Waals surface area contributed by atoms with Crippen molar-refractivity contribution in [1.29, 1.82) is 0 Å². The first-order valence-corrected chi connectivity index (χ1v) is 7.48. The van der Waals surface area contributed by atoms with E-state index in [0.29, 0.717) is 11.3 Å². The van der Waals surface area contributed by atoms with Crippen molar-refractivity contribution in [2.45, 2.75) is 11.3 Å². The highest BCUT2D eigenvalue weighted by Crippen LogP contribution is 2.27. The van der Waals surface area contributed by atoms with E-state index in [0.717, 1.165) is 24.3 Å². The summed E-state index contributed by atoms with van der Waals surface area (Å²) in [5, 5.41) is 16.0. The molecule has 0 atom stereocenters. The molecule has 1 aromatic heterocycles. The standard InChI is InChI=1S/C9H6F2N4O4S2/c10-7(11)8-12-13-9(20-8)14-21(18,19)6-3-1-5(2-4-6)15(16)17/h1-4,7H,(H,13,14). The normalized spacial score (nSPS) is 11.6. The second-order valence-corrected chi connectivity index (χ2v) is 6.29. The van der Waals surface area contributed by atoms with Crippen molar-refractivity contribution in [1.82, 2.24) is 10.2 Å². The number of nitrogens with one attached hydrogen (secondary N) is 1. The summed E-state index contributed by atoms with van der Waals surface area (Å²) < 4.78 is 50.5. The quantitative estimate of drug-likeness (QED) is 0.661. The zero-order valence-corrected chi connectivity index (χ0v) is 11.6. The van der Waals surface area contributed by atoms with Gasteiger partial charge in [0, 0.05) is 12.1 Å². The molecule has 12 heteroatoms. The molecular formula is C9H6F2N4O4S2. The van der Waals surface area contributed by atoms with Crippen LogP contribution in [0.25, 0.3) is 0 Å². The molecule has 8 nitrogen and oxygen atoms in total. The third-order valence-corrected chi connectivity index (χ3v) is 4.54. The average Bonchev–Trinajstić information content (AvgIpc) is 2.87. The summed E-state index contributed by atoms with van der Waals surface area (Å²) in [5.74, 6) is 0. The molecule has 0 spiro atoms. The minimum Gasteiger partial charge on any atom is -0.258 e. The Morgan fingerprint density at radius 1 is 1.24 bits per heavy atom. The van der Waals surface area contributed by atoms with E-state index in [9.17, 15) is 27.3 Å². The number of anilines is 1. The second kappa shape index (κ2) is 5.65. The summed E-state index contributed by atoms with van der Waals surface area (Å²) in [6.45, 7) is 0. The summed E-state index contributed by atoms with van der Waals surface area (Å²) in [4.78, 5) is 9.53. The lowest BCUT2D eigenvalue weighted by Crippen LogP contribution is -2.12. The SMILES string of the molecule is O=[N+]([O-])c1ccc(S(=O)(=O)Nc2nnc(C(F)F)s2)cc1. The molecule has 0 aliphatic rings. The first-order valence-electron chi connectivity index (χ1n) is 5.18. The van der Waals surface area contributed by atoms with Crippen LogP contribution in [0.5, 0.6) is 0 Å². The molecule has 0 aliphatic heterocycles. The van der Waals surface area contributed by atoms with Crippen LogP contribution < -0.4 is 4.72 Å². The number of sulfonamides is 1. The molecule has 0 fully saturated rings. The Labute approximate surface area is 120 Å². The van der Waals surface area contributed by atoms with E-state index in [-0.39, 0.29) is 15.7 Å². The Morgan fingerprint density at radius 3 is 2.33 bits per heavy atom. The number of hydrogen-bond acceptors (Lipinski definition) is 7. The molecule has 0 bridgehead atoms. The van der Waals surface area contributed by atoms with Crippen LogP contribution in [0.3, 0.4) is 0 Å². The molecule has 1 aromatic carbocycles. The van der Waals surface area contributed by atoms with Crippen molar-refractivity contribution in [2.24, 2.45) is 0 Å². The minimum absolute atomic E-state index is 0.262. The van der Waals surface area contributed by atoms with Gasteiger partial charge in [0.25, 0.3) is 22.1 Å². The van der Waals surface area contributed by atoms with Crippen molar-refractivity contribution in [3.05, 3.63) is 39.4 Å². The topological polar surface area (TPSA) is 115 Å². The lowest BCUT2D eigenvalue weighted by atomic mass is 10.3. The average molecular weight is 336 g/mol. The fraction of sp³-hybridized carbons (Fsp3) is 0.111. The third-order valence-electron chi connectivity index (χ3n) is 2.21. The Bertz CT molecular complexity index is 760. The monoisotopic (exact) mass is 336 g/mol. The maximum atomic E-state index is 12.3. The van der Waals surface area contributed by atoms with Gasteiger partial charge in [-0.25, -0.2) is 17.2 Å². The number of halogens is 2. The fourth-order valence-corrected chi connectivity index (χ4v) is 3.11. The number of nitro groups is 1. The first kappa shape index (κ1) is 15.2. The number of non-ortho nitro benzene ring substituents is 1. The lowest BCUT2D eigenvalue weighted by Gasteiger charge is -2.03. The van der Waals surface area contributed by atoms with Gasteiger partial charge in [0.1, 0.15) is 0 Å². The van der Waals surface area contributed by atoms with E-state index in [2.05, 4.69) is 10.2 Å². The van der Waals surface area contributed by atoms with Crippen molar-refractivity contribution in [3.8, 4) is 0 Å². The van der Waals surface area contributed by atoms with Gasteiger partial charge < -0.3 is 0 Å². The number of benzene rings is 1. The molecule has 0 aliphatic carbocycles. The van der Waals surface area contributed by atoms with E-state index < -0.39 is 26.4 Å². The highest BCUT2D eigenvalue weighted by molar-refractivity contribution is 7.93. The van der Waals surface area contributed by atoms with E-state index in [1.807, 2.05) is 4.72 Å². The van der Waals surface area contributed by atoms with Crippen LogP contribution in [-0.2, 0) is 10.0 Å². The molecule has 112 valence electrons. The summed E-state index contributed by atoms with van der Waals surface area (Å²) >= 11 is 0.400. The number of aromatic nitrogens is 2. The van der Waals surface area contributed by atoms with Gasteiger partial charge in [0.2, 0.25) is 5.13 Å². The highest BCUT2D eigenvalue weighted by Gasteiger charge is 2.20. The molecule has 2 aromatic rings. The summed E-state index contributed by atoms with van der Waals surface area (Å²) in [6, 6.07) is 4.07. The van der Waals surface area contributed by atoms with E-state index in [1.165, 1.54) is 0 Å². The molecule has 2 rings (SSSR count). The van der Waals surface area contributed by atoms with Gasteiger partial charge in [-0.15, -0.1) is 10.2 Å². The van der Waals surface area contributed by atoms with Crippen LogP contribution in [0.15, 0.2) is 29.2 Å². The third kappa shape index (κ3) is 3.46. The fourth-order valence-electron chi connectivity index (χ4n) is 1.28. The number of rotatable bonds is 5. The van der Waals surface area contributed by atoms with Gasteiger partial charge in [-0.05, 0) is 12.1 Å². The summed E-state index contributed by atoms with van der Waals surface area (Å²) in [6.07, 6.45) is -2.85. The van der Waals surface area contributed by atoms with Crippen molar-refractivity contribution < 1.29 is 22.1 Å². The molecule has 21 heavy (non-hydrogen) atoms. The van der Waals surface area contributed by atoms with E-state index in [1.54, 1.807) is 0 Å². The molecule has 0 saturated heterocycles.